The molecule has 0 spiro atoms. The second-order valence-electron chi connectivity index (χ2n) is 7.60. The van der Waals surface area contributed by atoms with Crippen LogP contribution in [0.2, 0.25) is 5.02 Å². The Balaban J connectivity index is 1.72. The van der Waals surface area contributed by atoms with Crippen LogP contribution in [0.3, 0.4) is 0 Å². The molecule has 174 valence electrons. The Bertz CT molecular complexity index is 1100. The van der Waals surface area contributed by atoms with Crippen LogP contribution < -0.4 is 4.72 Å². The number of carbonyl (C=O) groups excluding carboxylic acids is 2. The topological polar surface area (TPSA) is 127 Å². The number of sulfonamides is 1. The third-order valence-corrected chi connectivity index (χ3v) is 7.20. The van der Waals surface area contributed by atoms with Gasteiger partial charge < -0.3 is 20.0 Å². The van der Waals surface area contributed by atoms with E-state index in [0.717, 1.165) is 5.39 Å². The molecule has 1 aliphatic rings. The van der Waals surface area contributed by atoms with Crippen LogP contribution in [0.5, 0.6) is 0 Å². The van der Waals surface area contributed by atoms with E-state index >= 15 is 0 Å². The lowest BCUT2D eigenvalue weighted by atomic mass is 10.1. The average molecular weight is 484 g/mol. The zero-order valence-electron chi connectivity index (χ0n) is 17.6. The van der Waals surface area contributed by atoms with Crippen molar-refractivity contribution < 1.29 is 28.2 Å². The number of carbonyl (C=O) groups is 2. The molecule has 2 atom stereocenters. The minimum Gasteiger partial charge on any atom is -0.395 e. The molecule has 32 heavy (non-hydrogen) atoms. The molecule has 1 saturated heterocycles. The summed E-state index contributed by atoms with van der Waals surface area (Å²) in [5.74, 6) is -0.909. The molecule has 1 fully saturated rings. The molecular formula is C21H26ClN3O6S. The van der Waals surface area contributed by atoms with E-state index in [0.29, 0.717) is 10.4 Å². The van der Waals surface area contributed by atoms with Gasteiger partial charge >= 0.3 is 0 Å². The van der Waals surface area contributed by atoms with Gasteiger partial charge in [-0.3, -0.25) is 9.59 Å². The summed E-state index contributed by atoms with van der Waals surface area (Å²) in [4.78, 5) is 28.2. The highest BCUT2D eigenvalue weighted by molar-refractivity contribution is 7.89. The molecule has 0 aromatic heterocycles. The van der Waals surface area contributed by atoms with Gasteiger partial charge in [0, 0.05) is 24.7 Å². The quantitative estimate of drug-likeness (QED) is 0.478. The molecule has 1 heterocycles. The Morgan fingerprint density at radius 2 is 1.81 bits per heavy atom. The smallest absolute Gasteiger partial charge is 0.245 e. The number of hydrogen-bond donors (Lipinski definition) is 3. The van der Waals surface area contributed by atoms with Gasteiger partial charge in [0.05, 0.1) is 18.1 Å². The number of amides is 2. The number of nitrogens with zero attached hydrogens (tertiary/aromatic N) is 2. The summed E-state index contributed by atoms with van der Waals surface area (Å²) in [5, 5.41) is 20.3. The van der Waals surface area contributed by atoms with Crippen LogP contribution in [-0.4, -0.2) is 85.2 Å². The number of aliphatic hydroxyl groups is 2. The molecule has 3 N–H and O–H groups in total. The van der Waals surface area contributed by atoms with Crippen LogP contribution in [0.1, 0.15) is 13.3 Å². The van der Waals surface area contributed by atoms with Crippen LogP contribution in [0, 0.1) is 0 Å². The first-order valence-electron chi connectivity index (χ1n) is 10.2. The Morgan fingerprint density at radius 3 is 2.47 bits per heavy atom. The minimum atomic E-state index is -3.97. The Labute approximate surface area is 191 Å². The van der Waals surface area contributed by atoms with Crippen molar-refractivity contribution >= 4 is 44.2 Å². The van der Waals surface area contributed by atoms with Gasteiger partial charge in [-0.25, -0.2) is 8.42 Å². The number of aliphatic hydroxyl groups excluding tert-OH is 2. The largest absolute Gasteiger partial charge is 0.395 e. The average Bonchev–Trinajstić information content (AvgIpc) is 3.11. The van der Waals surface area contributed by atoms with Crippen LogP contribution in [0.25, 0.3) is 10.8 Å². The molecule has 9 nitrogen and oxygen atoms in total. The lowest BCUT2D eigenvalue weighted by Crippen LogP contribution is -2.51. The maximum absolute atomic E-state index is 12.9. The molecule has 0 aliphatic carbocycles. The third kappa shape index (κ3) is 5.21. The van der Waals surface area contributed by atoms with Crippen molar-refractivity contribution in [3.8, 4) is 0 Å². The monoisotopic (exact) mass is 483 g/mol. The Morgan fingerprint density at radius 1 is 1.19 bits per heavy atom. The number of benzene rings is 2. The van der Waals surface area contributed by atoms with Gasteiger partial charge in [-0.1, -0.05) is 23.7 Å². The number of rotatable bonds is 9. The minimum absolute atomic E-state index is 0.0276. The maximum atomic E-state index is 12.9. The summed E-state index contributed by atoms with van der Waals surface area (Å²) in [6, 6.07) is 7.90. The normalized spacial score (nSPS) is 17.7. The summed E-state index contributed by atoms with van der Waals surface area (Å²) < 4.78 is 28.2. The molecule has 0 saturated carbocycles. The Kier molecular flexibility index (Phi) is 7.73. The molecule has 0 radical (unpaired) electrons. The van der Waals surface area contributed by atoms with Crippen LogP contribution in [-0.2, 0) is 19.6 Å². The predicted molar refractivity (Wildman–Crippen MR) is 120 cm³/mol. The van der Waals surface area contributed by atoms with E-state index in [1.54, 1.807) is 31.2 Å². The number of nitrogens with one attached hydrogen (secondary N) is 1. The molecule has 1 aliphatic heterocycles. The maximum Gasteiger partial charge on any atom is 0.245 e. The molecule has 0 bridgehead atoms. The SMILES string of the molecule is C[C@@H](C(=O)N(CCO)CCO)N1CC[C@H](NS(=O)(=O)c2ccc3cc(Cl)ccc3c2)C1=O. The molecule has 2 aromatic carbocycles. The second kappa shape index (κ2) is 10.1. The lowest BCUT2D eigenvalue weighted by molar-refractivity contribution is -0.143. The van der Waals surface area contributed by atoms with Crippen molar-refractivity contribution in [2.24, 2.45) is 0 Å². The zero-order chi connectivity index (χ0) is 23.5. The third-order valence-electron chi connectivity index (χ3n) is 5.50. The summed E-state index contributed by atoms with van der Waals surface area (Å²) in [6.07, 6.45) is 0.221. The summed E-state index contributed by atoms with van der Waals surface area (Å²) in [6.45, 7) is 1.29. The molecule has 0 unspecified atom stereocenters. The summed E-state index contributed by atoms with van der Waals surface area (Å²) in [7, 11) is -3.97. The highest BCUT2D eigenvalue weighted by Gasteiger charge is 2.40. The van der Waals surface area contributed by atoms with Gasteiger partial charge in [-0.15, -0.1) is 0 Å². The summed E-state index contributed by atoms with van der Waals surface area (Å²) in [5.41, 5.74) is 0. The first-order chi connectivity index (χ1) is 15.2. The van der Waals surface area contributed by atoms with Gasteiger partial charge in [0.2, 0.25) is 21.8 Å². The zero-order valence-corrected chi connectivity index (χ0v) is 19.1. The number of likely N-dealkylation sites (tertiary alicyclic amines) is 1. The fourth-order valence-corrected chi connectivity index (χ4v) is 5.22. The molecule has 11 heteroatoms. The van der Waals surface area contributed by atoms with E-state index < -0.39 is 33.9 Å². The van der Waals surface area contributed by atoms with Gasteiger partial charge in [-0.2, -0.15) is 4.72 Å². The van der Waals surface area contributed by atoms with E-state index in [1.807, 2.05) is 0 Å². The van der Waals surface area contributed by atoms with Crippen LogP contribution >= 0.6 is 11.6 Å². The molecule has 2 amide bonds. The number of halogens is 1. The van der Waals surface area contributed by atoms with Crippen molar-refractivity contribution in [3.05, 3.63) is 41.4 Å². The van der Waals surface area contributed by atoms with Crippen LogP contribution in [0.4, 0.5) is 0 Å². The van der Waals surface area contributed by atoms with Crippen molar-refractivity contribution in [2.45, 2.75) is 30.3 Å². The van der Waals surface area contributed by atoms with Crippen molar-refractivity contribution in [1.29, 1.82) is 0 Å². The van der Waals surface area contributed by atoms with E-state index in [1.165, 1.54) is 21.9 Å². The summed E-state index contributed by atoms with van der Waals surface area (Å²) >= 11 is 5.97. The lowest BCUT2D eigenvalue weighted by Gasteiger charge is -2.30. The fraction of sp³-hybridized carbons (Fsp3) is 0.429. The number of hydrogen-bond acceptors (Lipinski definition) is 6. The standard InChI is InChI=1S/C21H26ClN3O6S/c1-14(20(28)24(8-10-26)9-11-27)25-7-6-19(21(25)29)23-32(30,31)18-5-3-15-12-17(22)4-2-16(15)13-18/h2-5,12-14,19,23,26-27H,6-11H2,1H3/t14-,19-/m0/s1. The molecular weight excluding hydrogens is 458 g/mol. The fourth-order valence-electron chi connectivity index (χ4n) is 3.78. The van der Waals surface area contributed by atoms with Gasteiger partial charge in [-0.05, 0) is 48.4 Å². The first-order valence-corrected chi connectivity index (χ1v) is 12.1. The second-order valence-corrected chi connectivity index (χ2v) is 9.75. The van der Waals surface area contributed by atoms with Crippen molar-refractivity contribution in [3.63, 3.8) is 0 Å². The molecule has 2 aromatic rings. The van der Waals surface area contributed by atoms with E-state index in [4.69, 9.17) is 21.8 Å². The highest BCUT2D eigenvalue weighted by atomic mass is 35.5. The van der Waals surface area contributed by atoms with Crippen molar-refractivity contribution in [2.75, 3.05) is 32.8 Å². The van der Waals surface area contributed by atoms with E-state index in [-0.39, 0.29) is 44.2 Å². The van der Waals surface area contributed by atoms with E-state index in [2.05, 4.69) is 4.72 Å². The molecule has 3 rings (SSSR count). The van der Waals surface area contributed by atoms with Gasteiger partial charge in [0.15, 0.2) is 0 Å². The number of fused-ring (bicyclic) bond motifs is 1. The van der Waals surface area contributed by atoms with E-state index in [9.17, 15) is 18.0 Å². The van der Waals surface area contributed by atoms with Crippen LogP contribution in [0.15, 0.2) is 41.3 Å². The van der Waals surface area contributed by atoms with Crippen molar-refractivity contribution in [1.82, 2.24) is 14.5 Å². The predicted octanol–water partition coefficient (Wildman–Crippen LogP) is 0.574. The Hall–Kier alpha value is -2.24. The first kappa shape index (κ1) is 24.4. The van der Waals surface area contributed by atoms with Gasteiger partial charge in [0.1, 0.15) is 12.1 Å². The highest BCUT2D eigenvalue weighted by Crippen LogP contribution is 2.24. The van der Waals surface area contributed by atoms with Gasteiger partial charge in [0.25, 0.3) is 0 Å².